The summed E-state index contributed by atoms with van der Waals surface area (Å²) in [6.45, 7) is 1.21. The van der Waals surface area contributed by atoms with Crippen molar-refractivity contribution in [2.75, 3.05) is 19.0 Å². The number of amides is 1. The lowest BCUT2D eigenvalue weighted by Gasteiger charge is -2.03. The van der Waals surface area contributed by atoms with E-state index >= 15 is 0 Å². The minimum Gasteiger partial charge on any atom is -0.383 e. The number of carbonyl (C=O) groups excluding carboxylic acids is 1. The van der Waals surface area contributed by atoms with Crippen LogP contribution in [0.5, 0.6) is 0 Å². The highest BCUT2D eigenvalue weighted by Gasteiger charge is 2.12. The Morgan fingerprint density at radius 1 is 1.58 bits per heavy atom. The van der Waals surface area contributed by atoms with E-state index in [1.165, 1.54) is 0 Å². The number of hydrogen-bond acceptors (Lipinski definition) is 4. The number of hydrogen-bond donors (Lipinski definition) is 1. The summed E-state index contributed by atoms with van der Waals surface area (Å²) in [5.74, 6) is -0.279. The van der Waals surface area contributed by atoms with Crippen molar-refractivity contribution in [2.24, 2.45) is 0 Å². The Balaban J connectivity index is 2.03. The van der Waals surface area contributed by atoms with Crippen molar-refractivity contribution in [3.8, 4) is 0 Å². The van der Waals surface area contributed by atoms with Gasteiger partial charge < -0.3 is 10.1 Å². The highest BCUT2D eigenvalue weighted by molar-refractivity contribution is 9.10. The minimum atomic E-state index is -0.279. The van der Waals surface area contributed by atoms with Gasteiger partial charge in [0, 0.05) is 24.0 Å². The first kappa shape index (κ1) is 13.7. The summed E-state index contributed by atoms with van der Waals surface area (Å²) in [6, 6.07) is 3.52. The number of pyridine rings is 1. The zero-order chi connectivity index (χ0) is 13.7. The maximum absolute atomic E-state index is 12.0. The van der Waals surface area contributed by atoms with Gasteiger partial charge >= 0.3 is 0 Å². The van der Waals surface area contributed by atoms with E-state index in [0.29, 0.717) is 29.0 Å². The quantitative estimate of drug-likeness (QED) is 0.912. The fourth-order valence-corrected chi connectivity index (χ4v) is 1.91. The molecule has 0 fully saturated rings. The molecule has 0 spiro atoms. The standard InChI is InChI=1S/C12H13BrN4O2/c1-19-6-5-17-8-9(7-15-17)16-12(18)11-10(13)3-2-4-14-11/h2-4,7-8H,5-6H2,1H3,(H,16,18). The Morgan fingerprint density at radius 2 is 2.42 bits per heavy atom. The molecule has 2 heterocycles. The fourth-order valence-electron chi connectivity index (χ4n) is 1.48. The maximum Gasteiger partial charge on any atom is 0.275 e. The second kappa shape index (κ2) is 6.44. The van der Waals surface area contributed by atoms with E-state index in [1.54, 1.807) is 42.5 Å². The van der Waals surface area contributed by atoms with E-state index in [2.05, 4.69) is 31.3 Å². The highest BCUT2D eigenvalue weighted by Crippen LogP contribution is 2.15. The molecule has 7 heteroatoms. The molecule has 0 atom stereocenters. The largest absolute Gasteiger partial charge is 0.383 e. The summed E-state index contributed by atoms with van der Waals surface area (Å²) in [7, 11) is 1.63. The molecule has 0 unspecified atom stereocenters. The van der Waals surface area contributed by atoms with Crippen LogP contribution in [-0.4, -0.2) is 34.4 Å². The lowest BCUT2D eigenvalue weighted by molar-refractivity contribution is 0.102. The van der Waals surface area contributed by atoms with Crippen LogP contribution in [0.25, 0.3) is 0 Å². The average molecular weight is 325 g/mol. The highest BCUT2D eigenvalue weighted by atomic mass is 79.9. The van der Waals surface area contributed by atoms with E-state index in [4.69, 9.17) is 4.74 Å². The molecule has 0 aliphatic rings. The average Bonchev–Trinajstić information content (AvgIpc) is 2.84. The number of methoxy groups -OCH3 is 1. The summed E-state index contributed by atoms with van der Waals surface area (Å²) in [5.41, 5.74) is 0.964. The van der Waals surface area contributed by atoms with Gasteiger partial charge in [-0.05, 0) is 28.1 Å². The molecule has 0 saturated carbocycles. The third-order valence-corrected chi connectivity index (χ3v) is 3.03. The van der Waals surface area contributed by atoms with Gasteiger partial charge in [0.25, 0.3) is 5.91 Å². The van der Waals surface area contributed by atoms with E-state index in [-0.39, 0.29) is 5.91 Å². The molecular weight excluding hydrogens is 312 g/mol. The summed E-state index contributed by atoms with van der Waals surface area (Å²) in [5, 5.41) is 6.85. The van der Waals surface area contributed by atoms with Crippen molar-refractivity contribution in [3.63, 3.8) is 0 Å². The number of carbonyl (C=O) groups is 1. The smallest absolute Gasteiger partial charge is 0.275 e. The number of halogens is 1. The number of nitrogens with zero attached hydrogens (tertiary/aromatic N) is 3. The van der Waals surface area contributed by atoms with Crippen LogP contribution in [0.4, 0.5) is 5.69 Å². The first-order valence-electron chi connectivity index (χ1n) is 5.64. The summed E-state index contributed by atoms with van der Waals surface area (Å²) in [4.78, 5) is 16.0. The molecule has 0 saturated heterocycles. The van der Waals surface area contributed by atoms with Crippen LogP contribution in [-0.2, 0) is 11.3 Å². The van der Waals surface area contributed by atoms with Gasteiger partial charge in [-0.2, -0.15) is 5.10 Å². The normalized spacial score (nSPS) is 10.4. The van der Waals surface area contributed by atoms with Gasteiger partial charge in [0.05, 0.1) is 25.0 Å². The molecule has 2 aromatic heterocycles. The van der Waals surface area contributed by atoms with Crippen LogP contribution in [0.3, 0.4) is 0 Å². The predicted molar refractivity (Wildman–Crippen MR) is 74.0 cm³/mol. The molecule has 0 aliphatic carbocycles. The maximum atomic E-state index is 12.0. The van der Waals surface area contributed by atoms with Crippen LogP contribution in [0.15, 0.2) is 35.2 Å². The Bertz CT molecular complexity index is 570. The zero-order valence-electron chi connectivity index (χ0n) is 10.3. The number of nitrogens with one attached hydrogen (secondary N) is 1. The first-order chi connectivity index (χ1) is 9.20. The summed E-state index contributed by atoms with van der Waals surface area (Å²) < 4.78 is 7.31. The monoisotopic (exact) mass is 324 g/mol. The van der Waals surface area contributed by atoms with Crippen molar-refractivity contribution in [3.05, 3.63) is 40.9 Å². The third kappa shape index (κ3) is 3.62. The van der Waals surface area contributed by atoms with Crippen molar-refractivity contribution in [1.29, 1.82) is 0 Å². The molecule has 6 nitrogen and oxygen atoms in total. The molecule has 0 aromatic carbocycles. The van der Waals surface area contributed by atoms with Crippen molar-refractivity contribution >= 4 is 27.5 Å². The molecule has 1 N–H and O–H groups in total. The van der Waals surface area contributed by atoms with Gasteiger partial charge in [-0.15, -0.1) is 0 Å². The molecule has 0 bridgehead atoms. The minimum absolute atomic E-state index is 0.279. The topological polar surface area (TPSA) is 69.0 Å². The Hall–Kier alpha value is -1.73. The van der Waals surface area contributed by atoms with E-state index in [9.17, 15) is 4.79 Å². The summed E-state index contributed by atoms with van der Waals surface area (Å²) in [6.07, 6.45) is 4.90. The van der Waals surface area contributed by atoms with Crippen LogP contribution >= 0.6 is 15.9 Å². The van der Waals surface area contributed by atoms with Gasteiger partial charge in [-0.25, -0.2) is 4.98 Å². The molecule has 19 heavy (non-hydrogen) atoms. The number of anilines is 1. The lowest BCUT2D eigenvalue weighted by atomic mass is 10.3. The van der Waals surface area contributed by atoms with E-state index < -0.39 is 0 Å². The first-order valence-corrected chi connectivity index (χ1v) is 6.43. The van der Waals surface area contributed by atoms with E-state index in [0.717, 1.165) is 0 Å². The van der Waals surface area contributed by atoms with Gasteiger partial charge in [0.15, 0.2) is 0 Å². The second-order valence-electron chi connectivity index (χ2n) is 3.77. The Morgan fingerprint density at radius 3 is 3.16 bits per heavy atom. The van der Waals surface area contributed by atoms with Crippen LogP contribution in [0.1, 0.15) is 10.5 Å². The number of ether oxygens (including phenoxy) is 1. The SMILES string of the molecule is COCCn1cc(NC(=O)c2ncccc2Br)cn1. The van der Waals surface area contributed by atoms with Crippen molar-refractivity contribution in [2.45, 2.75) is 6.54 Å². The van der Waals surface area contributed by atoms with E-state index in [1.807, 2.05) is 0 Å². The van der Waals surface area contributed by atoms with Crippen LogP contribution in [0.2, 0.25) is 0 Å². The van der Waals surface area contributed by atoms with Crippen molar-refractivity contribution < 1.29 is 9.53 Å². The van der Waals surface area contributed by atoms with Gasteiger partial charge in [0.1, 0.15) is 5.69 Å². The van der Waals surface area contributed by atoms with Gasteiger partial charge in [-0.1, -0.05) is 0 Å². The van der Waals surface area contributed by atoms with Gasteiger partial charge in [0.2, 0.25) is 0 Å². The molecule has 0 aliphatic heterocycles. The lowest BCUT2D eigenvalue weighted by Crippen LogP contribution is -2.13. The molecular formula is C12H13BrN4O2. The second-order valence-corrected chi connectivity index (χ2v) is 4.63. The van der Waals surface area contributed by atoms with Crippen LogP contribution < -0.4 is 5.32 Å². The summed E-state index contributed by atoms with van der Waals surface area (Å²) >= 11 is 3.29. The molecule has 0 radical (unpaired) electrons. The third-order valence-electron chi connectivity index (χ3n) is 2.39. The number of rotatable bonds is 5. The van der Waals surface area contributed by atoms with Gasteiger partial charge in [-0.3, -0.25) is 9.48 Å². The Labute approximate surface area is 118 Å². The van der Waals surface area contributed by atoms with Crippen LogP contribution in [0, 0.1) is 0 Å². The predicted octanol–water partition coefficient (Wildman–Crippen LogP) is 1.94. The molecule has 2 rings (SSSR count). The molecule has 100 valence electrons. The Kier molecular flexibility index (Phi) is 4.64. The van der Waals surface area contributed by atoms with Crippen molar-refractivity contribution in [1.82, 2.24) is 14.8 Å². The molecule has 2 aromatic rings. The molecule has 1 amide bonds. The number of aromatic nitrogens is 3. The zero-order valence-corrected chi connectivity index (χ0v) is 11.9. The fraction of sp³-hybridized carbons (Fsp3) is 0.250.